The predicted octanol–water partition coefficient (Wildman–Crippen LogP) is 4.38. The van der Waals surface area contributed by atoms with Crippen LogP contribution in [0.3, 0.4) is 0 Å². The Kier molecular flexibility index (Phi) is 6.57. The largest absolute Gasteiger partial charge is 0.495 e. The van der Waals surface area contributed by atoms with Crippen LogP contribution in [0.5, 0.6) is 5.75 Å². The molecule has 2 aromatic carbocycles. The minimum absolute atomic E-state index is 0.119. The number of ether oxygens (including phenoxy) is 1. The van der Waals surface area contributed by atoms with Gasteiger partial charge < -0.3 is 10.1 Å². The molecule has 0 atom stereocenters. The van der Waals surface area contributed by atoms with Crippen LogP contribution in [-0.2, 0) is 9.59 Å². The van der Waals surface area contributed by atoms with Crippen LogP contribution in [0, 0.1) is 11.3 Å². The molecule has 1 N–H and O–H groups in total. The molecule has 0 bridgehead atoms. The van der Waals surface area contributed by atoms with Crippen molar-refractivity contribution in [3.8, 4) is 11.8 Å². The fraction of sp³-hybridized carbons (Fsp3) is 0.0909. The first-order valence-corrected chi connectivity index (χ1v) is 9.79. The van der Waals surface area contributed by atoms with E-state index >= 15 is 0 Å². The molecule has 1 aromatic heterocycles. The van der Waals surface area contributed by atoms with Crippen molar-refractivity contribution in [1.82, 2.24) is 4.98 Å². The molecule has 0 aliphatic rings. The number of rotatable bonds is 6. The number of nitrogens with one attached hydrogen (secondary N) is 1. The molecule has 30 heavy (non-hydrogen) atoms. The van der Waals surface area contributed by atoms with Crippen LogP contribution in [0.15, 0.2) is 65.6 Å². The molecule has 150 valence electrons. The molecule has 0 saturated heterocycles. The van der Waals surface area contributed by atoms with Crippen LogP contribution in [0.2, 0.25) is 0 Å². The van der Waals surface area contributed by atoms with E-state index < -0.39 is 5.91 Å². The fourth-order valence-corrected chi connectivity index (χ4v) is 3.53. The summed E-state index contributed by atoms with van der Waals surface area (Å²) in [7, 11) is 1.50. The molecule has 3 aromatic rings. The quantitative estimate of drug-likeness (QED) is 0.473. The zero-order valence-corrected chi connectivity index (χ0v) is 17.1. The van der Waals surface area contributed by atoms with Crippen molar-refractivity contribution in [3.63, 3.8) is 0 Å². The fourth-order valence-electron chi connectivity index (χ4n) is 2.68. The number of anilines is 3. The molecule has 0 spiro atoms. The summed E-state index contributed by atoms with van der Waals surface area (Å²) in [5, 5.41) is 14.2. The van der Waals surface area contributed by atoms with Crippen LogP contribution >= 0.6 is 11.3 Å². The second-order valence-electron chi connectivity index (χ2n) is 6.07. The summed E-state index contributed by atoms with van der Waals surface area (Å²) >= 11 is 1.24. The zero-order chi connectivity index (χ0) is 21.5. The number of carbonyl (C=O) groups is 2. The highest BCUT2D eigenvalue weighted by Gasteiger charge is 2.18. The number of thiazole rings is 1. The molecule has 3 rings (SSSR count). The van der Waals surface area contributed by atoms with E-state index in [2.05, 4.69) is 10.3 Å². The lowest BCUT2D eigenvalue weighted by atomic mass is 10.2. The lowest BCUT2D eigenvalue weighted by Gasteiger charge is -2.17. The summed E-state index contributed by atoms with van der Waals surface area (Å²) in [5.41, 5.74) is 1.43. The van der Waals surface area contributed by atoms with Crippen molar-refractivity contribution in [2.24, 2.45) is 0 Å². The number of aromatic nitrogens is 1. The molecule has 0 saturated carbocycles. The van der Waals surface area contributed by atoms with E-state index in [9.17, 15) is 14.9 Å². The maximum atomic E-state index is 12.5. The van der Waals surface area contributed by atoms with Gasteiger partial charge in [0, 0.05) is 12.3 Å². The van der Waals surface area contributed by atoms with Gasteiger partial charge in [0.15, 0.2) is 5.13 Å². The molecular weight excluding hydrogens is 400 g/mol. The number of amides is 2. The molecule has 2 amide bonds. The van der Waals surface area contributed by atoms with Gasteiger partial charge in [0.1, 0.15) is 17.4 Å². The van der Waals surface area contributed by atoms with Gasteiger partial charge in [0.25, 0.3) is 5.91 Å². The minimum atomic E-state index is -0.581. The maximum Gasteiger partial charge on any atom is 0.266 e. The Morgan fingerprint density at radius 3 is 2.53 bits per heavy atom. The lowest BCUT2D eigenvalue weighted by molar-refractivity contribution is -0.116. The van der Waals surface area contributed by atoms with E-state index in [4.69, 9.17) is 4.74 Å². The van der Waals surface area contributed by atoms with Gasteiger partial charge in [0.05, 0.1) is 24.2 Å². The van der Waals surface area contributed by atoms with Crippen molar-refractivity contribution in [1.29, 1.82) is 5.26 Å². The normalized spacial score (nSPS) is 10.8. The Balaban J connectivity index is 1.85. The molecule has 0 radical (unpaired) electrons. The third-order valence-electron chi connectivity index (χ3n) is 4.04. The molecule has 1 heterocycles. The number of methoxy groups -OCH3 is 1. The van der Waals surface area contributed by atoms with Crippen LogP contribution in [0.1, 0.15) is 12.6 Å². The standard InChI is InChI=1S/C22H18N4O3S/c1-15(27)26(18-8-4-3-5-9-18)22-24-17(14-30-22)12-16(13-23)21(28)25-19-10-6-7-11-20(19)29-2/h3-12,14H,1-2H3,(H,25,28)/b16-12+. The Hall–Kier alpha value is -3.96. The Morgan fingerprint density at radius 2 is 1.87 bits per heavy atom. The highest BCUT2D eigenvalue weighted by Crippen LogP contribution is 2.29. The topological polar surface area (TPSA) is 95.3 Å². The SMILES string of the molecule is COc1ccccc1NC(=O)/C(C#N)=C/c1csc(N(C(C)=O)c2ccccc2)n1. The van der Waals surface area contributed by atoms with E-state index in [1.807, 2.05) is 24.3 Å². The second-order valence-corrected chi connectivity index (χ2v) is 6.91. The van der Waals surface area contributed by atoms with Crippen molar-refractivity contribution in [2.45, 2.75) is 6.92 Å². The molecular formula is C22H18N4O3S. The monoisotopic (exact) mass is 418 g/mol. The first-order valence-electron chi connectivity index (χ1n) is 8.91. The Labute approximate surface area is 177 Å². The van der Waals surface area contributed by atoms with Gasteiger partial charge in [-0.05, 0) is 30.3 Å². The highest BCUT2D eigenvalue weighted by atomic mass is 32.1. The summed E-state index contributed by atoms with van der Waals surface area (Å²) < 4.78 is 5.21. The van der Waals surface area contributed by atoms with E-state index in [0.29, 0.717) is 27.9 Å². The van der Waals surface area contributed by atoms with E-state index in [0.717, 1.165) is 0 Å². The van der Waals surface area contributed by atoms with Crippen molar-refractivity contribution in [2.75, 3.05) is 17.3 Å². The van der Waals surface area contributed by atoms with Crippen molar-refractivity contribution < 1.29 is 14.3 Å². The van der Waals surface area contributed by atoms with Crippen LogP contribution in [-0.4, -0.2) is 23.9 Å². The number of benzene rings is 2. The number of hydrogen-bond acceptors (Lipinski definition) is 6. The molecule has 0 aliphatic heterocycles. The van der Waals surface area contributed by atoms with E-state index in [1.165, 1.54) is 36.3 Å². The average Bonchev–Trinajstić information content (AvgIpc) is 3.20. The number of nitrogens with zero attached hydrogens (tertiary/aromatic N) is 3. The average molecular weight is 418 g/mol. The summed E-state index contributed by atoms with van der Waals surface area (Å²) in [6.45, 7) is 1.45. The number of para-hydroxylation sites is 3. The predicted molar refractivity (Wildman–Crippen MR) is 117 cm³/mol. The third-order valence-corrected chi connectivity index (χ3v) is 4.89. The molecule has 0 fully saturated rings. The van der Waals surface area contributed by atoms with E-state index in [1.54, 1.807) is 41.8 Å². The van der Waals surface area contributed by atoms with Gasteiger partial charge in [0.2, 0.25) is 5.91 Å². The van der Waals surface area contributed by atoms with Gasteiger partial charge in [-0.2, -0.15) is 5.26 Å². The summed E-state index contributed by atoms with van der Waals surface area (Å²) in [4.78, 5) is 30.6. The molecule has 8 heteroatoms. The van der Waals surface area contributed by atoms with Crippen LogP contribution < -0.4 is 15.0 Å². The summed E-state index contributed by atoms with van der Waals surface area (Å²) in [5.74, 6) is -0.289. The number of hydrogen-bond donors (Lipinski definition) is 1. The summed E-state index contributed by atoms with van der Waals surface area (Å²) in [6, 6.07) is 17.9. The highest BCUT2D eigenvalue weighted by molar-refractivity contribution is 7.14. The first-order chi connectivity index (χ1) is 14.5. The summed E-state index contributed by atoms with van der Waals surface area (Å²) in [6.07, 6.45) is 1.38. The second kappa shape index (κ2) is 9.49. The Bertz CT molecular complexity index is 1130. The van der Waals surface area contributed by atoms with Crippen LogP contribution in [0.4, 0.5) is 16.5 Å². The number of nitriles is 1. The van der Waals surface area contributed by atoms with Gasteiger partial charge in [-0.3, -0.25) is 14.5 Å². The third kappa shape index (κ3) is 4.71. The minimum Gasteiger partial charge on any atom is -0.495 e. The van der Waals surface area contributed by atoms with Crippen molar-refractivity contribution in [3.05, 3.63) is 71.2 Å². The van der Waals surface area contributed by atoms with Gasteiger partial charge in [-0.1, -0.05) is 30.3 Å². The molecule has 0 aliphatic carbocycles. The molecule has 7 nitrogen and oxygen atoms in total. The molecule has 0 unspecified atom stereocenters. The van der Waals surface area contributed by atoms with Gasteiger partial charge in [-0.15, -0.1) is 11.3 Å². The number of carbonyl (C=O) groups excluding carboxylic acids is 2. The first kappa shape index (κ1) is 20.8. The lowest BCUT2D eigenvalue weighted by Crippen LogP contribution is -2.22. The Morgan fingerprint density at radius 1 is 1.17 bits per heavy atom. The van der Waals surface area contributed by atoms with Crippen LogP contribution in [0.25, 0.3) is 6.08 Å². The smallest absolute Gasteiger partial charge is 0.266 e. The van der Waals surface area contributed by atoms with Gasteiger partial charge >= 0.3 is 0 Å². The zero-order valence-electron chi connectivity index (χ0n) is 16.3. The van der Waals surface area contributed by atoms with Gasteiger partial charge in [-0.25, -0.2) is 4.98 Å². The van der Waals surface area contributed by atoms with E-state index in [-0.39, 0.29) is 11.5 Å². The van der Waals surface area contributed by atoms with Crippen molar-refractivity contribution >= 4 is 45.7 Å². The maximum absolute atomic E-state index is 12.5.